The second-order valence-electron chi connectivity index (χ2n) is 12.4. The van der Waals surface area contributed by atoms with E-state index in [4.69, 9.17) is 19.4 Å². The first-order chi connectivity index (χ1) is 21.1. The molecule has 0 saturated carbocycles. The Balaban J connectivity index is 1.17. The fourth-order valence-electron chi connectivity index (χ4n) is 7.89. The lowest BCUT2D eigenvalue weighted by Crippen LogP contribution is -2.56. The van der Waals surface area contributed by atoms with Crippen LogP contribution < -0.4 is 9.64 Å². The number of benzene rings is 2. The van der Waals surface area contributed by atoms with Gasteiger partial charge in [0, 0.05) is 36.2 Å². The summed E-state index contributed by atoms with van der Waals surface area (Å²) in [5.41, 5.74) is 6.67. The van der Waals surface area contributed by atoms with Crippen LogP contribution in [0.5, 0.6) is 5.75 Å². The van der Waals surface area contributed by atoms with Crippen LogP contribution in [0.15, 0.2) is 66.3 Å². The van der Waals surface area contributed by atoms with Gasteiger partial charge in [0.2, 0.25) is 0 Å². The standard InChI is InChI=1S/C35H40N4O3S/c1-3-18-41-34(40)38-21-26-12-13-27(22-38)39(26)32-29-15-17-35(20-31(29)36-33(37-32)43-2)16-7-10-25-11-14-28(19-30(25)35)42-23-24-8-5-4-6-9-24/h3-6,8-9,11,14,19,26-27H,1,7,10,12-13,15-18,20-23H2,2H3/t26-,27+,35?. The molecule has 0 radical (unpaired) electrons. The van der Waals surface area contributed by atoms with Crippen LogP contribution in [0.25, 0.3) is 0 Å². The van der Waals surface area contributed by atoms with Crippen molar-refractivity contribution in [2.24, 2.45) is 0 Å². The molecule has 3 atom stereocenters. The van der Waals surface area contributed by atoms with Crippen LogP contribution >= 0.6 is 11.8 Å². The number of likely N-dealkylation sites (tertiary alicyclic amines) is 1. The Labute approximate surface area is 258 Å². The number of aryl methyl sites for hydroxylation is 1. The van der Waals surface area contributed by atoms with E-state index in [1.54, 1.807) is 17.8 Å². The zero-order valence-electron chi connectivity index (χ0n) is 25.0. The van der Waals surface area contributed by atoms with Gasteiger partial charge in [0.1, 0.15) is 24.8 Å². The Kier molecular flexibility index (Phi) is 7.80. The number of hydrogen-bond acceptors (Lipinski definition) is 7. The number of thioether (sulfide) groups is 1. The molecule has 4 aliphatic rings. The minimum Gasteiger partial charge on any atom is -0.489 e. The quantitative estimate of drug-likeness (QED) is 0.175. The summed E-state index contributed by atoms with van der Waals surface area (Å²) in [6.07, 6.45) is 12.1. The molecule has 7 rings (SSSR count). The van der Waals surface area contributed by atoms with Crippen LogP contribution in [0, 0.1) is 0 Å². The normalized spacial score (nSPS) is 23.9. The fourth-order valence-corrected chi connectivity index (χ4v) is 8.27. The Hall–Kier alpha value is -3.52. The maximum absolute atomic E-state index is 12.7. The third-order valence-corrected chi connectivity index (χ3v) is 10.5. The predicted octanol–water partition coefficient (Wildman–Crippen LogP) is 6.52. The molecule has 2 fully saturated rings. The highest BCUT2D eigenvalue weighted by Gasteiger charge is 2.46. The van der Waals surface area contributed by atoms with Crippen molar-refractivity contribution < 1.29 is 14.3 Å². The van der Waals surface area contributed by atoms with E-state index in [0.29, 0.717) is 19.7 Å². The van der Waals surface area contributed by atoms with Gasteiger partial charge >= 0.3 is 6.09 Å². The van der Waals surface area contributed by atoms with Gasteiger partial charge in [0.05, 0.1) is 5.69 Å². The van der Waals surface area contributed by atoms with Gasteiger partial charge in [0.25, 0.3) is 0 Å². The van der Waals surface area contributed by atoms with Crippen molar-refractivity contribution in [3.8, 4) is 5.75 Å². The van der Waals surface area contributed by atoms with E-state index in [1.807, 2.05) is 11.0 Å². The molecule has 2 bridgehead atoms. The SMILES string of the molecule is C=CCOC(=O)N1C[C@H]2CC[C@@H](C1)N2c1nc(SC)nc2c1CCC1(CCCc3ccc(OCc4ccccc4)cc31)C2. The number of ether oxygens (including phenoxy) is 2. The highest BCUT2D eigenvalue weighted by molar-refractivity contribution is 7.98. The van der Waals surface area contributed by atoms with E-state index in [9.17, 15) is 4.79 Å². The van der Waals surface area contributed by atoms with Crippen molar-refractivity contribution in [1.29, 1.82) is 0 Å². The molecule has 2 aromatic carbocycles. The molecule has 1 spiro atoms. The molecular weight excluding hydrogens is 556 g/mol. The van der Waals surface area contributed by atoms with Crippen LogP contribution in [-0.4, -0.2) is 59.0 Å². The third-order valence-electron chi connectivity index (χ3n) is 9.90. The van der Waals surface area contributed by atoms with E-state index < -0.39 is 0 Å². The highest BCUT2D eigenvalue weighted by Crippen LogP contribution is 2.49. The van der Waals surface area contributed by atoms with Crippen molar-refractivity contribution in [1.82, 2.24) is 14.9 Å². The molecule has 7 nitrogen and oxygen atoms in total. The summed E-state index contributed by atoms with van der Waals surface area (Å²) < 4.78 is 11.7. The lowest BCUT2D eigenvalue weighted by Gasteiger charge is -2.45. The fraction of sp³-hybridized carbons (Fsp3) is 0.457. The number of fused-ring (bicyclic) bond motifs is 5. The second kappa shape index (κ2) is 11.9. The summed E-state index contributed by atoms with van der Waals surface area (Å²) >= 11 is 1.62. The Morgan fingerprint density at radius 2 is 1.91 bits per heavy atom. The minimum atomic E-state index is -0.240. The summed E-state index contributed by atoms with van der Waals surface area (Å²) in [5.74, 6) is 2.05. The monoisotopic (exact) mass is 596 g/mol. The van der Waals surface area contributed by atoms with Crippen molar-refractivity contribution in [3.63, 3.8) is 0 Å². The van der Waals surface area contributed by atoms with E-state index in [0.717, 1.165) is 55.2 Å². The van der Waals surface area contributed by atoms with Gasteiger partial charge in [0.15, 0.2) is 5.16 Å². The molecule has 1 unspecified atom stereocenters. The van der Waals surface area contributed by atoms with Crippen LogP contribution in [0.1, 0.15) is 60.1 Å². The average Bonchev–Trinajstić information content (AvgIpc) is 3.30. The molecule has 1 amide bonds. The van der Waals surface area contributed by atoms with Crippen LogP contribution in [0.4, 0.5) is 10.6 Å². The molecule has 2 aliphatic heterocycles. The summed E-state index contributed by atoms with van der Waals surface area (Å²) in [4.78, 5) is 27.4. The van der Waals surface area contributed by atoms with E-state index >= 15 is 0 Å². The van der Waals surface area contributed by atoms with E-state index in [-0.39, 0.29) is 30.2 Å². The Morgan fingerprint density at radius 3 is 2.67 bits per heavy atom. The van der Waals surface area contributed by atoms with Crippen molar-refractivity contribution in [2.45, 2.75) is 80.6 Å². The number of piperazine rings is 1. The number of amides is 1. The molecular formula is C35H40N4O3S. The summed E-state index contributed by atoms with van der Waals surface area (Å²) in [5, 5.41) is 0.842. The van der Waals surface area contributed by atoms with Gasteiger partial charge in [-0.2, -0.15) is 0 Å². The Morgan fingerprint density at radius 1 is 1.09 bits per heavy atom. The average molecular weight is 597 g/mol. The first kappa shape index (κ1) is 28.3. The number of nitrogens with zero attached hydrogens (tertiary/aromatic N) is 4. The van der Waals surface area contributed by atoms with Gasteiger partial charge in [-0.25, -0.2) is 14.8 Å². The van der Waals surface area contributed by atoms with Crippen molar-refractivity contribution in [3.05, 3.63) is 89.1 Å². The Bertz CT molecular complexity index is 1500. The lowest BCUT2D eigenvalue weighted by molar-refractivity contribution is 0.103. The lowest BCUT2D eigenvalue weighted by atomic mass is 9.62. The minimum absolute atomic E-state index is 0.0700. The molecule has 0 N–H and O–H groups in total. The van der Waals surface area contributed by atoms with Gasteiger partial charge in [-0.15, -0.1) is 0 Å². The molecule has 1 aromatic heterocycles. The van der Waals surface area contributed by atoms with Gasteiger partial charge < -0.3 is 19.3 Å². The molecule has 2 saturated heterocycles. The molecule has 8 heteroatoms. The van der Waals surface area contributed by atoms with Crippen molar-refractivity contribution >= 4 is 23.7 Å². The number of rotatable bonds is 7. The maximum Gasteiger partial charge on any atom is 0.410 e. The summed E-state index contributed by atoms with van der Waals surface area (Å²) in [7, 11) is 0. The van der Waals surface area contributed by atoms with Crippen LogP contribution in [-0.2, 0) is 36.0 Å². The predicted molar refractivity (Wildman–Crippen MR) is 170 cm³/mol. The molecule has 224 valence electrons. The number of aromatic nitrogens is 2. The van der Waals surface area contributed by atoms with E-state index in [2.05, 4.69) is 60.2 Å². The number of hydrogen-bond donors (Lipinski definition) is 0. The molecule has 2 aliphatic carbocycles. The zero-order valence-corrected chi connectivity index (χ0v) is 25.8. The van der Waals surface area contributed by atoms with Gasteiger partial charge in [-0.3, -0.25) is 0 Å². The first-order valence-electron chi connectivity index (χ1n) is 15.6. The zero-order chi connectivity index (χ0) is 29.4. The van der Waals surface area contributed by atoms with Crippen LogP contribution in [0.3, 0.4) is 0 Å². The van der Waals surface area contributed by atoms with Gasteiger partial charge in [-0.1, -0.05) is 60.8 Å². The topological polar surface area (TPSA) is 67.8 Å². The van der Waals surface area contributed by atoms with Crippen LogP contribution in [0.2, 0.25) is 0 Å². The highest BCUT2D eigenvalue weighted by atomic mass is 32.2. The van der Waals surface area contributed by atoms with Gasteiger partial charge in [-0.05, 0) is 86.4 Å². The summed E-state index contributed by atoms with van der Waals surface area (Å²) in [6, 6.07) is 17.6. The molecule has 3 aromatic rings. The number of carbonyl (C=O) groups is 1. The second-order valence-corrected chi connectivity index (χ2v) is 13.2. The molecule has 3 heterocycles. The number of carbonyl (C=O) groups excluding carboxylic acids is 1. The summed E-state index contributed by atoms with van der Waals surface area (Å²) in [6.45, 7) is 5.83. The molecule has 43 heavy (non-hydrogen) atoms. The van der Waals surface area contributed by atoms with E-state index in [1.165, 1.54) is 40.8 Å². The first-order valence-corrected chi connectivity index (χ1v) is 16.8. The number of anilines is 1. The van der Waals surface area contributed by atoms with Crippen molar-refractivity contribution in [2.75, 3.05) is 30.9 Å². The third kappa shape index (κ3) is 5.39. The maximum atomic E-state index is 12.7. The largest absolute Gasteiger partial charge is 0.489 e. The smallest absolute Gasteiger partial charge is 0.410 e.